The first-order chi connectivity index (χ1) is 12.2. The Hall–Kier alpha value is -2.49. The minimum Gasteiger partial charge on any atom is -0.334 e. The number of rotatable bonds is 2. The van der Waals surface area contributed by atoms with Crippen molar-refractivity contribution < 1.29 is 13.2 Å². The molecule has 26 heavy (non-hydrogen) atoms. The van der Waals surface area contributed by atoms with E-state index in [2.05, 4.69) is 13.8 Å². The first-order valence-corrected chi connectivity index (χ1v) is 8.58. The summed E-state index contributed by atoms with van der Waals surface area (Å²) in [5.41, 5.74) is 5.41. The number of halogens is 3. The van der Waals surface area contributed by atoms with Crippen LogP contribution in [0.25, 0.3) is 0 Å². The summed E-state index contributed by atoms with van der Waals surface area (Å²) in [7, 11) is 0. The molecule has 1 aliphatic rings. The highest BCUT2D eigenvalue weighted by molar-refractivity contribution is 5.63. The van der Waals surface area contributed by atoms with Crippen LogP contribution in [0, 0.1) is 0 Å². The number of nitrogens with zero attached hydrogens (tertiary/aromatic N) is 1. The molecule has 136 valence electrons. The van der Waals surface area contributed by atoms with Crippen LogP contribution in [-0.2, 0) is 6.18 Å². The fourth-order valence-corrected chi connectivity index (χ4v) is 3.55. The molecule has 1 unspecified atom stereocenters. The normalized spacial score (nSPS) is 18.6. The summed E-state index contributed by atoms with van der Waals surface area (Å²) in [5, 5.41) is 0. The molecule has 0 saturated carbocycles. The van der Waals surface area contributed by atoms with E-state index in [1.807, 2.05) is 49.1 Å². The van der Waals surface area contributed by atoms with Gasteiger partial charge >= 0.3 is 6.18 Å². The summed E-state index contributed by atoms with van der Waals surface area (Å²) in [4.78, 5) is 2.02. The minimum atomic E-state index is -4.36. The SMILES string of the molecule is CC1=C(C)C(c2ccccc2)N(c2cccc(C(F)(F)F)c2)C(C)=C1C. The van der Waals surface area contributed by atoms with E-state index in [1.54, 1.807) is 6.07 Å². The molecule has 1 atom stereocenters. The van der Waals surface area contributed by atoms with Crippen LogP contribution in [0.15, 0.2) is 77.0 Å². The lowest BCUT2D eigenvalue weighted by Gasteiger charge is -2.41. The number of benzene rings is 2. The Labute approximate surface area is 152 Å². The summed E-state index contributed by atoms with van der Waals surface area (Å²) >= 11 is 0. The zero-order valence-corrected chi connectivity index (χ0v) is 15.4. The Kier molecular flexibility index (Phi) is 4.70. The Morgan fingerprint density at radius 3 is 2.08 bits per heavy atom. The van der Waals surface area contributed by atoms with Crippen LogP contribution in [0.4, 0.5) is 18.9 Å². The van der Waals surface area contributed by atoms with Gasteiger partial charge in [0.1, 0.15) is 0 Å². The van der Waals surface area contributed by atoms with Gasteiger partial charge in [-0.2, -0.15) is 13.2 Å². The maximum Gasteiger partial charge on any atom is 0.416 e. The zero-order chi connectivity index (χ0) is 19.1. The lowest BCUT2D eigenvalue weighted by Crippen LogP contribution is -2.32. The second-order valence-corrected chi connectivity index (χ2v) is 6.75. The summed E-state index contributed by atoms with van der Waals surface area (Å²) in [6, 6.07) is 15.4. The van der Waals surface area contributed by atoms with E-state index < -0.39 is 11.7 Å². The maximum atomic E-state index is 13.2. The molecule has 1 nitrogen and oxygen atoms in total. The van der Waals surface area contributed by atoms with Gasteiger partial charge in [-0.1, -0.05) is 36.4 Å². The molecule has 1 heterocycles. The van der Waals surface area contributed by atoms with Crippen molar-refractivity contribution in [2.45, 2.75) is 39.9 Å². The van der Waals surface area contributed by atoms with Crippen LogP contribution in [-0.4, -0.2) is 0 Å². The summed E-state index contributed by atoms with van der Waals surface area (Å²) in [6.45, 7) is 8.13. The number of alkyl halides is 3. The fraction of sp³-hybridized carbons (Fsp3) is 0.273. The molecule has 0 spiro atoms. The Balaban J connectivity index is 2.20. The predicted octanol–water partition coefficient (Wildman–Crippen LogP) is 6.90. The lowest BCUT2D eigenvalue weighted by atomic mass is 9.86. The second kappa shape index (κ2) is 6.67. The average Bonchev–Trinajstić information content (AvgIpc) is 2.63. The summed E-state index contributed by atoms with van der Waals surface area (Å²) in [5.74, 6) is 0. The van der Waals surface area contributed by atoms with Crippen molar-refractivity contribution in [1.82, 2.24) is 0 Å². The molecular weight excluding hydrogens is 335 g/mol. The molecule has 0 aromatic heterocycles. The van der Waals surface area contributed by atoms with Crippen LogP contribution in [0.2, 0.25) is 0 Å². The lowest BCUT2D eigenvalue weighted by molar-refractivity contribution is -0.137. The Morgan fingerprint density at radius 1 is 0.808 bits per heavy atom. The van der Waals surface area contributed by atoms with Crippen molar-refractivity contribution in [3.8, 4) is 0 Å². The molecule has 2 aromatic carbocycles. The van der Waals surface area contributed by atoms with Gasteiger partial charge in [0, 0.05) is 11.4 Å². The summed E-state index contributed by atoms with van der Waals surface area (Å²) < 4.78 is 39.7. The third-order valence-electron chi connectivity index (χ3n) is 5.29. The van der Waals surface area contributed by atoms with E-state index in [0.29, 0.717) is 5.69 Å². The van der Waals surface area contributed by atoms with Crippen molar-refractivity contribution in [2.75, 3.05) is 4.90 Å². The van der Waals surface area contributed by atoms with Gasteiger partial charge in [-0.05, 0) is 68.2 Å². The van der Waals surface area contributed by atoms with Gasteiger partial charge in [0.15, 0.2) is 0 Å². The minimum absolute atomic E-state index is 0.122. The van der Waals surface area contributed by atoms with Crippen molar-refractivity contribution in [1.29, 1.82) is 0 Å². The smallest absolute Gasteiger partial charge is 0.334 e. The molecular formula is C22H22F3N. The van der Waals surface area contributed by atoms with Gasteiger partial charge in [0.05, 0.1) is 11.6 Å². The van der Waals surface area contributed by atoms with Gasteiger partial charge in [-0.25, -0.2) is 0 Å². The first-order valence-electron chi connectivity index (χ1n) is 8.58. The van der Waals surface area contributed by atoms with Crippen LogP contribution in [0.5, 0.6) is 0 Å². The quantitative estimate of drug-likeness (QED) is 0.565. The first kappa shape index (κ1) is 18.3. The fourth-order valence-electron chi connectivity index (χ4n) is 3.55. The number of allylic oxidation sites excluding steroid dienone is 3. The standard InChI is InChI=1S/C22H22F3N/c1-14-15(2)17(4)26(20-12-8-11-19(13-20)22(23,24)25)21(16(14)3)18-9-6-5-7-10-18/h5-13,21H,1-4H3. The van der Waals surface area contributed by atoms with Crippen LogP contribution >= 0.6 is 0 Å². The van der Waals surface area contributed by atoms with E-state index in [4.69, 9.17) is 0 Å². The number of anilines is 1. The molecule has 2 aromatic rings. The van der Waals surface area contributed by atoms with Crippen LogP contribution in [0.3, 0.4) is 0 Å². The zero-order valence-electron chi connectivity index (χ0n) is 15.4. The van der Waals surface area contributed by atoms with E-state index in [0.717, 1.165) is 28.5 Å². The van der Waals surface area contributed by atoms with Gasteiger partial charge < -0.3 is 4.90 Å². The summed E-state index contributed by atoms with van der Waals surface area (Å²) in [6.07, 6.45) is -4.36. The highest BCUT2D eigenvalue weighted by Gasteiger charge is 2.34. The molecule has 0 bridgehead atoms. The topological polar surface area (TPSA) is 3.24 Å². The van der Waals surface area contributed by atoms with Crippen molar-refractivity contribution in [3.63, 3.8) is 0 Å². The van der Waals surface area contributed by atoms with Crippen LogP contribution in [0.1, 0.15) is 44.9 Å². The molecule has 0 saturated heterocycles. The monoisotopic (exact) mass is 357 g/mol. The molecule has 3 rings (SSSR count). The largest absolute Gasteiger partial charge is 0.416 e. The van der Waals surface area contributed by atoms with E-state index >= 15 is 0 Å². The third kappa shape index (κ3) is 3.16. The van der Waals surface area contributed by atoms with Crippen molar-refractivity contribution in [2.24, 2.45) is 0 Å². The van der Waals surface area contributed by atoms with Gasteiger partial charge in [-0.15, -0.1) is 0 Å². The van der Waals surface area contributed by atoms with Gasteiger partial charge in [-0.3, -0.25) is 0 Å². The Morgan fingerprint density at radius 2 is 1.46 bits per heavy atom. The third-order valence-corrected chi connectivity index (χ3v) is 5.29. The number of hydrogen-bond donors (Lipinski definition) is 0. The van der Waals surface area contributed by atoms with Crippen molar-refractivity contribution in [3.05, 3.63) is 88.1 Å². The van der Waals surface area contributed by atoms with Crippen molar-refractivity contribution >= 4 is 5.69 Å². The molecule has 1 aliphatic heterocycles. The molecule has 4 heteroatoms. The average molecular weight is 357 g/mol. The van der Waals surface area contributed by atoms with E-state index in [9.17, 15) is 13.2 Å². The van der Waals surface area contributed by atoms with Gasteiger partial charge in [0.25, 0.3) is 0 Å². The highest BCUT2D eigenvalue weighted by Crippen LogP contribution is 2.44. The number of hydrogen-bond acceptors (Lipinski definition) is 1. The Bertz CT molecular complexity index is 876. The van der Waals surface area contributed by atoms with Gasteiger partial charge in [0.2, 0.25) is 0 Å². The molecule has 0 amide bonds. The molecule has 0 N–H and O–H groups in total. The maximum absolute atomic E-state index is 13.2. The molecule has 0 aliphatic carbocycles. The molecule has 0 fully saturated rings. The second-order valence-electron chi connectivity index (χ2n) is 6.75. The molecule has 0 radical (unpaired) electrons. The highest BCUT2D eigenvalue weighted by atomic mass is 19.4. The van der Waals surface area contributed by atoms with E-state index in [-0.39, 0.29) is 6.04 Å². The predicted molar refractivity (Wildman–Crippen MR) is 99.9 cm³/mol. The van der Waals surface area contributed by atoms with Crippen LogP contribution < -0.4 is 4.90 Å². The van der Waals surface area contributed by atoms with E-state index in [1.165, 1.54) is 17.7 Å².